The molecule has 0 aliphatic heterocycles. The van der Waals surface area contributed by atoms with E-state index in [1.165, 1.54) is 0 Å². The molecule has 0 spiro atoms. The zero-order valence-electron chi connectivity index (χ0n) is 10.2. The Morgan fingerprint density at radius 2 is 1.63 bits per heavy atom. The molecule has 19 heavy (non-hydrogen) atoms. The summed E-state index contributed by atoms with van der Waals surface area (Å²) in [7, 11) is 0. The van der Waals surface area contributed by atoms with Gasteiger partial charge in [-0.2, -0.15) is 0 Å². The summed E-state index contributed by atoms with van der Waals surface area (Å²) in [5.41, 5.74) is 1.99. The van der Waals surface area contributed by atoms with E-state index in [4.69, 9.17) is 0 Å². The van der Waals surface area contributed by atoms with Crippen LogP contribution >= 0.6 is 31.9 Å². The van der Waals surface area contributed by atoms with Gasteiger partial charge in [-0.05, 0) is 33.6 Å². The number of rotatable bonds is 4. The van der Waals surface area contributed by atoms with Crippen molar-refractivity contribution in [1.82, 2.24) is 0 Å². The van der Waals surface area contributed by atoms with Crippen molar-refractivity contribution in [3.05, 3.63) is 64.6 Å². The van der Waals surface area contributed by atoms with E-state index in [0.29, 0.717) is 11.9 Å². The zero-order valence-corrected chi connectivity index (χ0v) is 13.4. The fourth-order valence-corrected chi connectivity index (χ4v) is 2.62. The second-order valence-electron chi connectivity index (χ2n) is 4.05. The number of carbonyl (C=O) groups excluding carboxylic acids is 1. The maximum absolute atomic E-state index is 12.1. The molecule has 1 amide bonds. The van der Waals surface area contributed by atoms with Gasteiger partial charge < -0.3 is 4.90 Å². The highest BCUT2D eigenvalue weighted by atomic mass is 79.9. The lowest BCUT2D eigenvalue weighted by Gasteiger charge is -2.23. The molecule has 0 heterocycles. The molecule has 2 nitrogen and oxygen atoms in total. The highest BCUT2D eigenvalue weighted by molar-refractivity contribution is 9.10. The maximum Gasteiger partial charge on any atom is 0.237 e. The van der Waals surface area contributed by atoms with Crippen LogP contribution in [0.5, 0.6) is 0 Å². The summed E-state index contributed by atoms with van der Waals surface area (Å²) in [4.78, 5) is 13.9. The summed E-state index contributed by atoms with van der Waals surface area (Å²) in [6.07, 6.45) is 0. The van der Waals surface area contributed by atoms with Crippen LogP contribution in [0.4, 0.5) is 5.69 Å². The fourth-order valence-electron chi connectivity index (χ4n) is 1.82. The molecule has 0 fully saturated rings. The molecule has 0 atom stereocenters. The first-order valence-corrected chi connectivity index (χ1v) is 7.78. The van der Waals surface area contributed by atoms with Crippen LogP contribution in [0.15, 0.2) is 59.1 Å². The Morgan fingerprint density at radius 3 is 2.26 bits per heavy atom. The van der Waals surface area contributed by atoms with Crippen molar-refractivity contribution in [3.8, 4) is 0 Å². The van der Waals surface area contributed by atoms with Crippen molar-refractivity contribution >= 4 is 43.5 Å². The van der Waals surface area contributed by atoms with Crippen molar-refractivity contribution in [1.29, 1.82) is 0 Å². The first kappa shape index (κ1) is 14.3. The summed E-state index contributed by atoms with van der Waals surface area (Å²) < 4.78 is 0.917. The molecule has 0 N–H and O–H groups in total. The summed E-state index contributed by atoms with van der Waals surface area (Å²) in [6.45, 7) is 0.563. The number of alkyl halides is 1. The van der Waals surface area contributed by atoms with Crippen LogP contribution < -0.4 is 4.90 Å². The summed E-state index contributed by atoms with van der Waals surface area (Å²) in [5.74, 6) is 0.0377. The van der Waals surface area contributed by atoms with Gasteiger partial charge >= 0.3 is 0 Å². The van der Waals surface area contributed by atoms with Crippen molar-refractivity contribution in [3.63, 3.8) is 0 Å². The van der Waals surface area contributed by atoms with Gasteiger partial charge in [0.25, 0.3) is 0 Å². The molecule has 4 heteroatoms. The largest absolute Gasteiger partial charge is 0.306 e. The summed E-state index contributed by atoms with van der Waals surface area (Å²) in [5, 5.41) is 0.307. The number of carbonyl (C=O) groups is 1. The second kappa shape index (κ2) is 6.87. The van der Waals surface area contributed by atoms with E-state index in [2.05, 4.69) is 31.9 Å². The summed E-state index contributed by atoms with van der Waals surface area (Å²) >= 11 is 6.74. The molecule has 0 aromatic heterocycles. The Bertz CT molecular complexity index is 557. The number of amides is 1. The first-order chi connectivity index (χ1) is 9.22. The van der Waals surface area contributed by atoms with E-state index in [9.17, 15) is 4.79 Å². The van der Waals surface area contributed by atoms with E-state index in [1.54, 1.807) is 4.90 Å². The van der Waals surface area contributed by atoms with Gasteiger partial charge in [0.1, 0.15) is 0 Å². The average molecular weight is 383 g/mol. The minimum Gasteiger partial charge on any atom is -0.306 e. The number of benzene rings is 2. The van der Waals surface area contributed by atoms with Crippen molar-refractivity contribution < 1.29 is 4.79 Å². The fraction of sp³-hybridized carbons (Fsp3) is 0.133. The predicted molar refractivity (Wildman–Crippen MR) is 85.6 cm³/mol. The highest BCUT2D eigenvalue weighted by Crippen LogP contribution is 2.27. The minimum atomic E-state index is 0.0377. The van der Waals surface area contributed by atoms with E-state index < -0.39 is 0 Å². The molecule has 0 radical (unpaired) electrons. The van der Waals surface area contributed by atoms with Crippen LogP contribution in [0.2, 0.25) is 0 Å². The quantitative estimate of drug-likeness (QED) is 0.718. The molecule has 2 aromatic carbocycles. The third kappa shape index (κ3) is 3.67. The third-order valence-corrected chi connectivity index (χ3v) is 3.89. The van der Waals surface area contributed by atoms with Gasteiger partial charge in [-0.25, -0.2) is 0 Å². The van der Waals surface area contributed by atoms with Gasteiger partial charge in [-0.3, -0.25) is 4.79 Å². The second-order valence-corrected chi connectivity index (χ2v) is 5.47. The number of halogens is 2. The van der Waals surface area contributed by atoms with Crippen LogP contribution in [0, 0.1) is 0 Å². The lowest BCUT2D eigenvalue weighted by molar-refractivity contribution is -0.116. The Hall–Kier alpha value is -1.13. The predicted octanol–water partition coefficient (Wildman–Crippen LogP) is 4.38. The Morgan fingerprint density at radius 1 is 1.00 bits per heavy atom. The van der Waals surface area contributed by atoms with Gasteiger partial charge in [0.15, 0.2) is 0 Å². The number of hydrogen-bond acceptors (Lipinski definition) is 1. The standard InChI is InChI=1S/C15H13Br2NO/c16-10-15(19)18(11-12-6-2-1-3-7-12)14-9-5-4-8-13(14)17/h1-9H,10-11H2. The van der Waals surface area contributed by atoms with E-state index in [-0.39, 0.29) is 5.91 Å². The monoisotopic (exact) mass is 381 g/mol. The molecular formula is C15H13Br2NO. The number of para-hydroxylation sites is 1. The van der Waals surface area contributed by atoms with Gasteiger partial charge in [-0.15, -0.1) is 0 Å². The van der Waals surface area contributed by atoms with Crippen LogP contribution in [-0.2, 0) is 11.3 Å². The number of hydrogen-bond donors (Lipinski definition) is 0. The number of nitrogens with zero attached hydrogens (tertiary/aromatic N) is 1. The zero-order chi connectivity index (χ0) is 13.7. The van der Waals surface area contributed by atoms with Crippen molar-refractivity contribution in [2.24, 2.45) is 0 Å². The minimum absolute atomic E-state index is 0.0377. The topological polar surface area (TPSA) is 20.3 Å². The third-order valence-electron chi connectivity index (χ3n) is 2.74. The van der Waals surface area contributed by atoms with E-state index in [1.807, 2.05) is 54.6 Å². The number of anilines is 1. The van der Waals surface area contributed by atoms with Crippen molar-refractivity contribution in [2.45, 2.75) is 6.54 Å². The Kier molecular flexibility index (Phi) is 5.16. The first-order valence-electron chi connectivity index (χ1n) is 5.87. The highest BCUT2D eigenvalue weighted by Gasteiger charge is 2.17. The smallest absolute Gasteiger partial charge is 0.237 e. The van der Waals surface area contributed by atoms with Crippen LogP contribution in [-0.4, -0.2) is 11.2 Å². The van der Waals surface area contributed by atoms with Crippen LogP contribution in [0.1, 0.15) is 5.56 Å². The lowest BCUT2D eigenvalue weighted by atomic mass is 10.2. The van der Waals surface area contributed by atoms with Gasteiger partial charge in [-0.1, -0.05) is 58.4 Å². The molecule has 0 saturated carbocycles. The van der Waals surface area contributed by atoms with Crippen molar-refractivity contribution in [2.75, 3.05) is 10.2 Å². The SMILES string of the molecule is O=C(CBr)N(Cc1ccccc1)c1ccccc1Br. The van der Waals surface area contributed by atoms with E-state index >= 15 is 0 Å². The van der Waals surface area contributed by atoms with Crippen LogP contribution in [0.3, 0.4) is 0 Å². The molecule has 2 aromatic rings. The normalized spacial score (nSPS) is 10.2. The molecule has 0 aliphatic rings. The van der Waals surface area contributed by atoms with Gasteiger partial charge in [0.05, 0.1) is 17.6 Å². The molecule has 0 bridgehead atoms. The Balaban J connectivity index is 2.32. The lowest BCUT2D eigenvalue weighted by Crippen LogP contribution is -2.31. The Labute approximate surface area is 129 Å². The maximum atomic E-state index is 12.1. The van der Waals surface area contributed by atoms with E-state index in [0.717, 1.165) is 15.7 Å². The van der Waals surface area contributed by atoms with Gasteiger partial charge in [0.2, 0.25) is 5.91 Å². The summed E-state index contributed by atoms with van der Waals surface area (Å²) in [6, 6.07) is 17.7. The molecule has 2 rings (SSSR count). The molecular weight excluding hydrogens is 370 g/mol. The molecule has 0 aliphatic carbocycles. The van der Waals surface area contributed by atoms with Crippen LogP contribution in [0.25, 0.3) is 0 Å². The van der Waals surface area contributed by atoms with Gasteiger partial charge in [0, 0.05) is 4.47 Å². The molecule has 0 saturated heterocycles. The average Bonchev–Trinajstić information content (AvgIpc) is 2.46. The molecule has 0 unspecified atom stereocenters. The molecule has 98 valence electrons.